The van der Waals surface area contributed by atoms with Crippen LogP contribution in [0.5, 0.6) is 0 Å². The summed E-state index contributed by atoms with van der Waals surface area (Å²) in [6.45, 7) is 18.9. The minimum atomic E-state index is -0.323. The highest BCUT2D eigenvalue weighted by Crippen LogP contribution is 2.64. The quantitative estimate of drug-likeness (QED) is 0.165. The Balaban J connectivity index is 0.994. The number of allylic oxidation sites excluding steroid dienone is 5. The van der Waals surface area contributed by atoms with Gasteiger partial charge in [0, 0.05) is 66.0 Å². The first-order valence-electron chi connectivity index (χ1n) is 24.4. The summed E-state index contributed by atoms with van der Waals surface area (Å²) in [6, 6.07) is 49.9. The van der Waals surface area contributed by atoms with Gasteiger partial charge >= 0.3 is 0 Å². The van der Waals surface area contributed by atoms with Crippen molar-refractivity contribution in [1.82, 2.24) is 0 Å². The number of para-hydroxylation sites is 2. The lowest BCUT2D eigenvalue weighted by atomic mass is 9.72. The number of benzene rings is 8. The average Bonchev–Trinajstić information content (AvgIpc) is 4.01. The number of aryl methyl sites for hydroxylation is 2. The van der Waals surface area contributed by atoms with Crippen molar-refractivity contribution < 1.29 is 8.83 Å². The van der Waals surface area contributed by atoms with Crippen LogP contribution >= 0.6 is 0 Å². The molecule has 0 atom stereocenters. The zero-order valence-electron chi connectivity index (χ0n) is 40.4. The molecule has 2 aromatic heterocycles. The molecule has 69 heavy (non-hydrogen) atoms. The molecule has 4 aliphatic carbocycles. The van der Waals surface area contributed by atoms with E-state index in [4.69, 9.17) is 8.83 Å². The Bertz CT molecular complexity index is 4090. The number of rotatable bonds is 4. The molecule has 0 aliphatic heterocycles. The number of anilines is 3. The van der Waals surface area contributed by atoms with E-state index >= 15 is 0 Å². The molecular formula is C66H51NO2. The molecule has 0 saturated carbocycles. The first-order valence-corrected chi connectivity index (χ1v) is 24.4. The maximum Gasteiger partial charge on any atom is 0.144 e. The second kappa shape index (κ2) is 13.7. The monoisotopic (exact) mass is 889 g/mol. The SMILES string of the molecule is Cc1cc(C)cc(N(c2ccc3c(c2)C(C)(C)c2cc(C4=CC=CC=C=C4)c4oc5ccccc5c4c2-3)c2ccc3c(c2)C(C)(C)c2c4c(c5oc6ccccc6c5c2-3)-c2ccccc2C4(C)C)c1. The molecule has 0 unspecified atom stereocenters. The van der Waals surface area contributed by atoms with Crippen LogP contribution in [0.3, 0.4) is 0 Å². The predicted octanol–water partition coefficient (Wildman–Crippen LogP) is 18.2. The molecule has 10 aromatic rings. The summed E-state index contributed by atoms with van der Waals surface area (Å²) in [7, 11) is 0. The maximum atomic E-state index is 6.99. The van der Waals surface area contributed by atoms with Crippen molar-refractivity contribution in [3.63, 3.8) is 0 Å². The smallest absolute Gasteiger partial charge is 0.144 e. The molecule has 0 spiro atoms. The molecular weight excluding hydrogens is 839 g/mol. The summed E-state index contributed by atoms with van der Waals surface area (Å²) < 4.78 is 13.8. The predicted molar refractivity (Wildman–Crippen MR) is 288 cm³/mol. The van der Waals surface area contributed by atoms with Gasteiger partial charge in [-0.1, -0.05) is 139 Å². The molecule has 2 heterocycles. The standard InChI is InChI=1S/C66H51NO2/c1-37-31-38(2)33-42(32-37)67(40-27-29-44-50(34-40)64(3,4)52-36-48(39-19-11-9-10-12-20-39)62-57(55(44)52)46-22-14-17-25-53(46)68-62)41-28-30-45-51(35-41)66(7,8)60-56(45)58-47-23-15-18-26-54(47)69-63(58)59-43-21-13-16-24-49(43)65(5,6)61(59)60/h9-11,13-36H,1-8H3. The number of hydrogen-bond donors (Lipinski definition) is 0. The lowest BCUT2D eigenvalue weighted by Gasteiger charge is -2.32. The number of nitrogens with zero attached hydrogens (tertiary/aromatic N) is 1. The molecule has 0 N–H and O–H groups in total. The van der Waals surface area contributed by atoms with Crippen molar-refractivity contribution in [2.75, 3.05) is 4.90 Å². The van der Waals surface area contributed by atoms with Crippen LogP contribution in [-0.2, 0) is 16.2 Å². The van der Waals surface area contributed by atoms with Crippen LogP contribution in [0.2, 0.25) is 0 Å². The molecule has 4 aliphatic rings. The minimum Gasteiger partial charge on any atom is -0.455 e. The van der Waals surface area contributed by atoms with Gasteiger partial charge < -0.3 is 13.7 Å². The Hall–Kier alpha value is -7.84. The third kappa shape index (κ3) is 5.29. The normalized spacial score (nSPS) is 16.1. The fraction of sp³-hybridized carbons (Fsp3) is 0.167. The summed E-state index contributed by atoms with van der Waals surface area (Å²) in [5.74, 6) is 0. The molecule has 0 bridgehead atoms. The van der Waals surface area contributed by atoms with E-state index in [2.05, 4.69) is 218 Å². The summed E-state index contributed by atoms with van der Waals surface area (Å²) in [4.78, 5) is 2.50. The molecule has 332 valence electrons. The van der Waals surface area contributed by atoms with Gasteiger partial charge in [-0.05, 0) is 158 Å². The van der Waals surface area contributed by atoms with E-state index in [-0.39, 0.29) is 16.2 Å². The minimum absolute atomic E-state index is 0.224. The molecule has 3 nitrogen and oxygen atoms in total. The Morgan fingerprint density at radius 3 is 1.72 bits per heavy atom. The lowest BCUT2D eigenvalue weighted by molar-refractivity contribution is 0.600. The lowest BCUT2D eigenvalue weighted by Crippen LogP contribution is -2.24. The summed E-state index contributed by atoms with van der Waals surface area (Å²) >= 11 is 0. The topological polar surface area (TPSA) is 29.5 Å². The third-order valence-corrected chi connectivity index (χ3v) is 16.3. The molecule has 8 aromatic carbocycles. The van der Waals surface area contributed by atoms with Crippen LogP contribution in [0, 0.1) is 13.8 Å². The first-order chi connectivity index (χ1) is 33.3. The van der Waals surface area contributed by atoms with E-state index in [0.29, 0.717) is 0 Å². The Kier molecular flexibility index (Phi) is 7.97. The summed E-state index contributed by atoms with van der Waals surface area (Å²) in [5, 5.41) is 4.71. The Morgan fingerprint density at radius 2 is 1.01 bits per heavy atom. The van der Waals surface area contributed by atoms with Crippen LogP contribution < -0.4 is 4.90 Å². The van der Waals surface area contributed by atoms with Gasteiger partial charge in [0.05, 0.1) is 0 Å². The molecule has 0 fully saturated rings. The van der Waals surface area contributed by atoms with Gasteiger partial charge in [-0.25, -0.2) is 0 Å². The van der Waals surface area contributed by atoms with Crippen molar-refractivity contribution in [2.24, 2.45) is 0 Å². The van der Waals surface area contributed by atoms with Gasteiger partial charge in [-0.15, -0.1) is 5.73 Å². The fourth-order valence-corrected chi connectivity index (χ4v) is 13.2. The van der Waals surface area contributed by atoms with Gasteiger partial charge in [-0.2, -0.15) is 0 Å². The summed E-state index contributed by atoms with van der Waals surface area (Å²) in [6.07, 6.45) is 10.3. The van der Waals surface area contributed by atoms with Crippen LogP contribution in [0.25, 0.3) is 82.8 Å². The zero-order valence-corrected chi connectivity index (χ0v) is 40.4. The van der Waals surface area contributed by atoms with Crippen LogP contribution in [0.1, 0.15) is 91.6 Å². The van der Waals surface area contributed by atoms with Gasteiger partial charge in [0.15, 0.2) is 0 Å². The zero-order chi connectivity index (χ0) is 46.9. The van der Waals surface area contributed by atoms with Crippen molar-refractivity contribution in [3.8, 4) is 33.4 Å². The molecule has 0 saturated heterocycles. The van der Waals surface area contributed by atoms with E-state index in [0.717, 1.165) is 55.9 Å². The largest absolute Gasteiger partial charge is 0.455 e. The Morgan fingerprint density at radius 1 is 0.449 bits per heavy atom. The highest BCUT2D eigenvalue weighted by atomic mass is 16.3. The maximum absolute atomic E-state index is 6.99. The third-order valence-electron chi connectivity index (χ3n) is 16.3. The van der Waals surface area contributed by atoms with E-state index in [9.17, 15) is 0 Å². The van der Waals surface area contributed by atoms with Crippen molar-refractivity contribution in [1.29, 1.82) is 0 Å². The van der Waals surface area contributed by atoms with Gasteiger partial charge in [0.25, 0.3) is 0 Å². The second-order valence-electron chi connectivity index (χ2n) is 21.5. The van der Waals surface area contributed by atoms with E-state index in [1.165, 1.54) is 94.0 Å². The van der Waals surface area contributed by atoms with Crippen LogP contribution in [0.15, 0.2) is 178 Å². The molecule has 3 heteroatoms. The number of hydrogen-bond acceptors (Lipinski definition) is 3. The number of fused-ring (bicyclic) bond motifs is 19. The highest BCUT2D eigenvalue weighted by Gasteiger charge is 2.49. The molecule has 14 rings (SSSR count). The van der Waals surface area contributed by atoms with E-state index in [1.54, 1.807) is 0 Å². The van der Waals surface area contributed by atoms with E-state index in [1.807, 2.05) is 12.2 Å². The number of furan rings is 2. The van der Waals surface area contributed by atoms with Crippen LogP contribution in [0.4, 0.5) is 17.1 Å². The Labute approximate surface area is 403 Å². The van der Waals surface area contributed by atoms with E-state index < -0.39 is 0 Å². The van der Waals surface area contributed by atoms with Gasteiger partial charge in [-0.3, -0.25) is 0 Å². The average molecular weight is 890 g/mol. The van der Waals surface area contributed by atoms with Crippen LogP contribution in [-0.4, -0.2) is 0 Å². The van der Waals surface area contributed by atoms with Gasteiger partial charge in [0.1, 0.15) is 22.3 Å². The second-order valence-corrected chi connectivity index (χ2v) is 21.5. The molecule has 0 radical (unpaired) electrons. The van der Waals surface area contributed by atoms with Crippen molar-refractivity contribution in [3.05, 3.63) is 220 Å². The van der Waals surface area contributed by atoms with Gasteiger partial charge in [0.2, 0.25) is 0 Å². The highest BCUT2D eigenvalue weighted by molar-refractivity contribution is 6.21. The fourth-order valence-electron chi connectivity index (χ4n) is 13.2. The van der Waals surface area contributed by atoms with Crippen molar-refractivity contribution >= 4 is 66.5 Å². The summed E-state index contributed by atoms with van der Waals surface area (Å²) in [5.41, 5.74) is 30.1. The molecule has 0 amide bonds. The van der Waals surface area contributed by atoms with Crippen molar-refractivity contribution in [2.45, 2.75) is 71.6 Å². The first kappa shape index (κ1) is 40.2.